The monoisotopic (exact) mass is 291 g/mol. The van der Waals surface area contributed by atoms with Crippen LogP contribution in [0.5, 0.6) is 0 Å². The van der Waals surface area contributed by atoms with E-state index in [1.165, 1.54) is 6.20 Å². The van der Waals surface area contributed by atoms with E-state index in [-0.39, 0.29) is 5.57 Å². The largest absolute Gasteiger partial charge is 0.390 e. The standard InChI is InChI=1S/C15H18ClN3O/c1-2-3-6-9-18-11-12(10-17)15(20)19-14-8-5-4-7-13(14)16/h4-5,7-8,11,18H,2-3,6,9H2,1H3,(H,19,20)/b12-11-. The van der Waals surface area contributed by atoms with Gasteiger partial charge < -0.3 is 10.6 Å². The molecule has 0 spiro atoms. The second kappa shape index (κ2) is 9.00. The molecule has 0 aliphatic rings. The van der Waals surface area contributed by atoms with E-state index in [0.29, 0.717) is 10.7 Å². The number of benzene rings is 1. The molecule has 2 N–H and O–H groups in total. The van der Waals surface area contributed by atoms with Gasteiger partial charge in [0.15, 0.2) is 0 Å². The van der Waals surface area contributed by atoms with Gasteiger partial charge in [0.2, 0.25) is 0 Å². The summed E-state index contributed by atoms with van der Waals surface area (Å²) in [5.74, 6) is -0.469. The highest BCUT2D eigenvalue weighted by Gasteiger charge is 2.10. The second-order valence-electron chi connectivity index (χ2n) is 4.27. The molecule has 0 heterocycles. The number of nitrogens with zero attached hydrogens (tertiary/aromatic N) is 1. The van der Waals surface area contributed by atoms with Gasteiger partial charge in [-0.1, -0.05) is 43.5 Å². The van der Waals surface area contributed by atoms with Gasteiger partial charge >= 0.3 is 0 Å². The van der Waals surface area contributed by atoms with Crippen molar-refractivity contribution in [3.8, 4) is 6.07 Å². The van der Waals surface area contributed by atoms with Gasteiger partial charge in [0.25, 0.3) is 5.91 Å². The lowest BCUT2D eigenvalue weighted by Crippen LogP contribution is -2.17. The maximum Gasteiger partial charge on any atom is 0.267 e. The van der Waals surface area contributed by atoms with Crippen LogP contribution in [0.15, 0.2) is 36.0 Å². The molecule has 0 aliphatic heterocycles. The minimum atomic E-state index is -0.469. The van der Waals surface area contributed by atoms with Crippen molar-refractivity contribution in [1.82, 2.24) is 5.32 Å². The van der Waals surface area contributed by atoms with Crippen molar-refractivity contribution in [1.29, 1.82) is 5.26 Å². The maximum absolute atomic E-state index is 11.9. The van der Waals surface area contributed by atoms with E-state index in [1.54, 1.807) is 24.3 Å². The van der Waals surface area contributed by atoms with Crippen LogP contribution in [-0.2, 0) is 4.79 Å². The van der Waals surface area contributed by atoms with Crippen LogP contribution in [0, 0.1) is 11.3 Å². The predicted molar refractivity (Wildman–Crippen MR) is 81.3 cm³/mol. The van der Waals surface area contributed by atoms with Crippen molar-refractivity contribution in [3.63, 3.8) is 0 Å². The molecule has 0 saturated heterocycles. The minimum absolute atomic E-state index is 0.0291. The number of rotatable bonds is 7. The molecular formula is C15H18ClN3O. The van der Waals surface area contributed by atoms with E-state index in [1.807, 2.05) is 6.07 Å². The van der Waals surface area contributed by atoms with Crippen LogP contribution in [0.25, 0.3) is 0 Å². The predicted octanol–water partition coefficient (Wildman–Crippen LogP) is 3.47. The summed E-state index contributed by atoms with van der Waals surface area (Å²) >= 11 is 5.95. The van der Waals surface area contributed by atoms with Crippen LogP contribution < -0.4 is 10.6 Å². The molecular weight excluding hydrogens is 274 g/mol. The van der Waals surface area contributed by atoms with Gasteiger partial charge in [0.1, 0.15) is 11.6 Å². The fourth-order valence-electron chi connectivity index (χ4n) is 1.55. The number of carbonyl (C=O) groups excluding carboxylic acids is 1. The summed E-state index contributed by atoms with van der Waals surface area (Å²) in [6, 6.07) is 8.77. The summed E-state index contributed by atoms with van der Waals surface area (Å²) in [6.45, 7) is 2.87. The molecule has 0 radical (unpaired) electrons. The molecule has 1 aromatic rings. The molecule has 106 valence electrons. The van der Waals surface area contributed by atoms with E-state index in [2.05, 4.69) is 17.6 Å². The third-order valence-corrected chi connectivity index (χ3v) is 2.99. The van der Waals surface area contributed by atoms with Crippen molar-refractivity contribution in [3.05, 3.63) is 41.1 Å². The van der Waals surface area contributed by atoms with Gasteiger partial charge in [0, 0.05) is 12.7 Å². The Bertz CT molecular complexity index is 520. The summed E-state index contributed by atoms with van der Waals surface area (Å²) in [4.78, 5) is 11.9. The number of carbonyl (C=O) groups is 1. The van der Waals surface area contributed by atoms with Crippen molar-refractivity contribution in [2.45, 2.75) is 26.2 Å². The molecule has 0 unspecified atom stereocenters. The van der Waals surface area contributed by atoms with Gasteiger partial charge in [-0.2, -0.15) is 5.26 Å². The van der Waals surface area contributed by atoms with Gasteiger partial charge in [0.05, 0.1) is 10.7 Å². The highest BCUT2D eigenvalue weighted by Crippen LogP contribution is 2.20. The first kappa shape index (κ1) is 16.1. The van der Waals surface area contributed by atoms with Gasteiger partial charge in [-0.25, -0.2) is 0 Å². The molecule has 0 fully saturated rings. The molecule has 1 amide bonds. The second-order valence-corrected chi connectivity index (χ2v) is 4.67. The minimum Gasteiger partial charge on any atom is -0.390 e. The number of hydrogen-bond donors (Lipinski definition) is 2. The number of halogens is 1. The number of amides is 1. The highest BCUT2D eigenvalue weighted by atomic mass is 35.5. The smallest absolute Gasteiger partial charge is 0.267 e. The Morgan fingerprint density at radius 1 is 1.40 bits per heavy atom. The number of anilines is 1. The number of unbranched alkanes of at least 4 members (excludes halogenated alkanes) is 2. The quantitative estimate of drug-likeness (QED) is 0.459. The molecule has 20 heavy (non-hydrogen) atoms. The maximum atomic E-state index is 11.9. The Balaban J connectivity index is 2.57. The summed E-state index contributed by atoms with van der Waals surface area (Å²) in [7, 11) is 0. The summed E-state index contributed by atoms with van der Waals surface area (Å²) in [6.07, 6.45) is 4.71. The molecule has 0 aromatic heterocycles. The topological polar surface area (TPSA) is 64.9 Å². The van der Waals surface area contributed by atoms with E-state index < -0.39 is 5.91 Å². The number of hydrogen-bond acceptors (Lipinski definition) is 3. The average molecular weight is 292 g/mol. The Labute approximate surface area is 124 Å². The fraction of sp³-hybridized carbons (Fsp3) is 0.333. The molecule has 0 bridgehead atoms. The van der Waals surface area contributed by atoms with E-state index >= 15 is 0 Å². The van der Waals surface area contributed by atoms with Crippen LogP contribution >= 0.6 is 11.6 Å². The van der Waals surface area contributed by atoms with E-state index in [4.69, 9.17) is 16.9 Å². The Hall–Kier alpha value is -1.99. The summed E-state index contributed by atoms with van der Waals surface area (Å²) in [5, 5.41) is 15.0. The third kappa shape index (κ3) is 5.33. The summed E-state index contributed by atoms with van der Waals surface area (Å²) < 4.78 is 0. The molecule has 4 nitrogen and oxygen atoms in total. The lowest BCUT2D eigenvalue weighted by atomic mass is 10.2. The van der Waals surface area contributed by atoms with Crippen LogP contribution in [0.4, 0.5) is 5.69 Å². The molecule has 0 atom stereocenters. The average Bonchev–Trinajstić information content (AvgIpc) is 2.45. The zero-order chi connectivity index (χ0) is 14.8. The Kier molecular flexibility index (Phi) is 7.23. The number of nitriles is 1. The third-order valence-electron chi connectivity index (χ3n) is 2.66. The van der Waals surface area contributed by atoms with Crippen LogP contribution in [0.2, 0.25) is 5.02 Å². The van der Waals surface area contributed by atoms with Crippen LogP contribution in [0.1, 0.15) is 26.2 Å². The van der Waals surface area contributed by atoms with E-state index in [0.717, 1.165) is 25.8 Å². The molecule has 1 aromatic carbocycles. The van der Waals surface area contributed by atoms with E-state index in [9.17, 15) is 4.79 Å². The molecule has 0 aliphatic carbocycles. The lowest BCUT2D eigenvalue weighted by molar-refractivity contribution is -0.112. The van der Waals surface area contributed by atoms with Crippen molar-refractivity contribution < 1.29 is 4.79 Å². The van der Waals surface area contributed by atoms with Crippen LogP contribution in [-0.4, -0.2) is 12.5 Å². The molecule has 0 saturated carbocycles. The Morgan fingerprint density at radius 2 is 2.15 bits per heavy atom. The van der Waals surface area contributed by atoms with Gasteiger partial charge in [-0.3, -0.25) is 4.79 Å². The van der Waals surface area contributed by atoms with Gasteiger partial charge in [-0.15, -0.1) is 0 Å². The SMILES string of the molecule is CCCCCN/C=C(/C#N)C(=O)Nc1ccccc1Cl. The number of nitrogens with one attached hydrogen (secondary N) is 2. The van der Waals surface area contributed by atoms with Crippen molar-refractivity contribution >= 4 is 23.2 Å². The van der Waals surface area contributed by atoms with Crippen molar-refractivity contribution in [2.24, 2.45) is 0 Å². The first-order chi connectivity index (χ1) is 9.69. The van der Waals surface area contributed by atoms with Crippen molar-refractivity contribution in [2.75, 3.05) is 11.9 Å². The zero-order valence-corrected chi connectivity index (χ0v) is 12.2. The first-order valence-electron chi connectivity index (χ1n) is 6.58. The lowest BCUT2D eigenvalue weighted by Gasteiger charge is -2.06. The zero-order valence-electron chi connectivity index (χ0n) is 11.4. The molecule has 1 rings (SSSR count). The number of para-hydroxylation sites is 1. The molecule has 5 heteroatoms. The normalized spacial score (nSPS) is 10.8. The van der Waals surface area contributed by atoms with Crippen LogP contribution in [0.3, 0.4) is 0 Å². The summed E-state index contributed by atoms with van der Waals surface area (Å²) in [5.41, 5.74) is 0.521. The van der Waals surface area contributed by atoms with Gasteiger partial charge in [-0.05, 0) is 18.6 Å². The fourth-order valence-corrected chi connectivity index (χ4v) is 1.74. The highest BCUT2D eigenvalue weighted by molar-refractivity contribution is 6.33. The first-order valence-corrected chi connectivity index (χ1v) is 6.96. The Morgan fingerprint density at radius 3 is 2.80 bits per heavy atom.